The van der Waals surface area contributed by atoms with Crippen LogP contribution in [0.5, 0.6) is 0 Å². The van der Waals surface area contributed by atoms with Gasteiger partial charge in [0.05, 0.1) is 18.0 Å². The minimum Gasteiger partial charge on any atom is -0.393 e. The minimum absolute atomic E-state index is 0.0625. The molecule has 0 bridgehead atoms. The standard InChI is InChI=1S/C26H45NO6S/c1-16(4-7-23(30)27-12-13-34(31,32)33)19-5-6-20-24-21(9-11-26(19,20)3)25(2)10-8-18(28)14-17(25)15-22(24)29/h16-22,24,28-29H,4-15H2,1-3H3,(H,27,30)(H,31,32,33)/t16-,17+,18+,19-,20+,21+,22+,24+,25+,26-/m1/s1. The lowest BCUT2D eigenvalue weighted by Crippen LogP contribution is -2.58. The average Bonchev–Trinajstić information content (AvgIpc) is 3.09. The molecular formula is C26H45NO6S. The Labute approximate surface area is 205 Å². The maximum atomic E-state index is 12.2. The van der Waals surface area contributed by atoms with Gasteiger partial charge in [-0.3, -0.25) is 9.35 Å². The topological polar surface area (TPSA) is 124 Å². The maximum Gasteiger partial charge on any atom is 0.266 e. The first kappa shape index (κ1) is 26.4. The molecule has 0 radical (unpaired) electrons. The molecule has 0 unspecified atom stereocenters. The SMILES string of the molecule is C[C@H](CCC(=O)NCCS(=O)(=O)O)[C@H]1CC[C@H]2[C@@H]3[C@@H](O)C[C@@H]4C[C@@H](O)CC[C@]4(C)[C@H]3CC[C@]12C. The molecule has 34 heavy (non-hydrogen) atoms. The van der Waals surface area contributed by atoms with Crippen molar-refractivity contribution in [2.24, 2.45) is 46.3 Å². The fourth-order valence-electron chi connectivity index (χ4n) is 9.14. The van der Waals surface area contributed by atoms with Gasteiger partial charge < -0.3 is 15.5 Å². The lowest BCUT2D eigenvalue weighted by molar-refractivity contribution is -0.174. The van der Waals surface area contributed by atoms with Crippen LogP contribution in [0.15, 0.2) is 0 Å². The fourth-order valence-corrected chi connectivity index (χ4v) is 9.50. The number of carbonyl (C=O) groups excluding carboxylic acids is 1. The van der Waals surface area contributed by atoms with E-state index in [1.807, 2.05) is 0 Å². The summed E-state index contributed by atoms with van der Waals surface area (Å²) in [6, 6.07) is 0. The Balaban J connectivity index is 1.39. The number of amides is 1. The van der Waals surface area contributed by atoms with Gasteiger partial charge in [-0.05, 0) is 104 Å². The Bertz CT molecular complexity index is 863. The van der Waals surface area contributed by atoms with E-state index in [4.69, 9.17) is 4.55 Å². The molecule has 0 aromatic heterocycles. The summed E-state index contributed by atoms with van der Waals surface area (Å²) in [6.07, 6.45) is 8.87. The highest BCUT2D eigenvalue weighted by Gasteiger charge is 2.62. The first-order valence-corrected chi connectivity index (χ1v) is 15.0. The number of carbonyl (C=O) groups is 1. The van der Waals surface area contributed by atoms with E-state index in [1.165, 1.54) is 6.42 Å². The van der Waals surface area contributed by atoms with Crippen molar-refractivity contribution in [1.82, 2.24) is 5.32 Å². The summed E-state index contributed by atoms with van der Waals surface area (Å²) in [5, 5.41) is 24.2. The Kier molecular flexibility index (Phi) is 7.47. The number of rotatable bonds is 7. The van der Waals surface area contributed by atoms with Gasteiger partial charge in [-0.1, -0.05) is 20.8 Å². The molecule has 4 N–H and O–H groups in total. The van der Waals surface area contributed by atoms with Crippen molar-refractivity contribution in [2.45, 2.75) is 97.2 Å². The van der Waals surface area contributed by atoms with Crippen LogP contribution in [0.4, 0.5) is 0 Å². The lowest BCUT2D eigenvalue weighted by atomic mass is 9.43. The van der Waals surface area contributed by atoms with Gasteiger partial charge in [-0.15, -0.1) is 0 Å². The largest absolute Gasteiger partial charge is 0.393 e. The van der Waals surface area contributed by atoms with Crippen LogP contribution in [0.1, 0.15) is 85.0 Å². The van der Waals surface area contributed by atoms with Gasteiger partial charge in [0, 0.05) is 13.0 Å². The van der Waals surface area contributed by atoms with Crippen LogP contribution < -0.4 is 5.32 Å². The molecule has 4 aliphatic rings. The quantitative estimate of drug-likeness (QED) is 0.398. The summed E-state index contributed by atoms with van der Waals surface area (Å²) in [6.45, 7) is 7.05. The zero-order chi connectivity index (χ0) is 24.9. The first-order valence-electron chi connectivity index (χ1n) is 13.4. The predicted octanol–water partition coefficient (Wildman–Crippen LogP) is 3.40. The third-order valence-electron chi connectivity index (χ3n) is 10.9. The van der Waals surface area contributed by atoms with Gasteiger partial charge in [0.15, 0.2) is 0 Å². The van der Waals surface area contributed by atoms with E-state index in [1.54, 1.807) is 0 Å². The zero-order valence-electron chi connectivity index (χ0n) is 21.1. The van der Waals surface area contributed by atoms with Crippen molar-refractivity contribution in [1.29, 1.82) is 0 Å². The van der Waals surface area contributed by atoms with Gasteiger partial charge >= 0.3 is 0 Å². The molecule has 1 amide bonds. The van der Waals surface area contributed by atoms with Crippen LogP contribution >= 0.6 is 0 Å². The molecule has 8 heteroatoms. The van der Waals surface area contributed by atoms with Gasteiger partial charge in [-0.2, -0.15) is 8.42 Å². The molecule has 7 nitrogen and oxygen atoms in total. The maximum absolute atomic E-state index is 12.2. The summed E-state index contributed by atoms with van der Waals surface area (Å²) >= 11 is 0. The molecule has 4 fully saturated rings. The number of nitrogens with one attached hydrogen (secondary N) is 1. The van der Waals surface area contributed by atoms with Crippen molar-refractivity contribution in [3.8, 4) is 0 Å². The molecule has 4 saturated carbocycles. The smallest absolute Gasteiger partial charge is 0.266 e. The molecule has 4 aliphatic carbocycles. The highest BCUT2D eigenvalue weighted by Crippen LogP contribution is 2.68. The van der Waals surface area contributed by atoms with E-state index >= 15 is 0 Å². The van der Waals surface area contributed by atoms with Crippen molar-refractivity contribution in [3.63, 3.8) is 0 Å². The van der Waals surface area contributed by atoms with Gasteiger partial charge in [0.1, 0.15) is 0 Å². The second kappa shape index (κ2) is 9.64. The van der Waals surface area contributed by atoms with Gasteiger partial charge in [-0.25, -0.2) is 0 Å². The Morgan fingerprint density at radius 1 is 1.03 bits per heavy atom. The van der Waals surface area contributed by atoms with Gasteiger partial charge in [0.25, 0.3) is 10.1 Å². The molecule has 0 spiro atoms. The molecule has 0 heterocycles. The summed E-state index contributed by atoms with van der Waals surface area (Å²) in [5.74, 6) is 2.10. The first-order chi connectivity index (χ1) is 15.8. The molecular weight excluding hydrogens is 454 g/mol. The van der Waals surface area contributed by atoms with Crippen molar-refractivity contribution < 1.29 is 28.0 Å². The third-order valence-corrected chi connectivity index (χ3v) is 11.6. The van der Waals surface area contributed by atoms with Crippen LogP contribution in [0.3, 0.4) is 0 Å². The normalized spacial score (nSPS) is 45.1. The number of hydrogen-bond donors (Lipinski definition) is 4. The van der Waals surface area contributed by atoms with E-state index in [0.29, 0.717) is 41.9 Å². The average molecular weight is 500 g/mol. The lowest BCUT2D eigenvalue weighted by Gasteiger charge is -2.62. The van der Waals surface area contributed by atoms with E-state index in [-0.39, 0.29) is 35.5 Å². The molecule has 0 aromatic rings. The van der Waals surface area contributed by atoms with Crippen LogP contribution in [-0.4, -0.2) is 53.6 Å². The van der Waals surface area contributed by atoms with E-state index < -0.39 is 15.9 Å². The third kappa shape index (κ3) is 4.94. The molecule has 10 atom stereocenters. The molecule has 196 valence electrons. The fraction of sp³-hybridized carbons (Fsp3) is 0.962. The van der Waals surface area contributed by atoms with Crippen LogP contribution in [-0.2, 0) is 14.9 Å². The monoisotopic (exact) mass is 499 g/mol. The molecule has 4 rings (SSSR count). The van der Waals surface area contributed by atoms with E-state index in [2.05, 4.69) is 26.1 Å². The van der Waals surface area contributed by atoms with E-state index in [0.717, 1.165) is 51.4 Å². The molecule has 0 aliphatic heterocycles. The summed E-state index contributed by atoms with van der Waals surface area (Å²) in [5.41, 5.74) is 0.411. The second-order valence-electron chi connectivity index (χ2n) is 12.6. The number of fused-ring (bicyclic) bond motifs is 5. The highest BCUT2D eigenvalue weighted by atomic mass is 32.2. The summed E-state index contributed by atoms with van der Waals surface area (Å²) < 4.78 is 30.5. The summed E-state index contributed by atoms with van der Waals surface area (Å²) in [4.78, 5) is 12.2. The van der Waals surface area contributed by atoms with E-state index in [9.17, 15) is 23.4 Å². The Hall–Kier alpha value is -0.700. The number of aliphatic hydroxyl groups is 2. The van der Waals surface area contributed by atoms with Crippen molar-refractivity contribution in [3.05, 3.63) is 0 Å². The predicted molar refractivity (Wildman–Crippen MR) is 130 cm³/mol. The molecule has 0 saturated heterocycles. The second-order valence-corrected chi connectivity index (χ2v) is 14.2. The van der Waals surface area contributed by atoms with Crippen LogP contribution in [0, 0.1) is 46.3 Å². The highest BCUT2D eigenvalue weighted by molar-refractivity contribution is 7.85. The zero-order valence-corrected chi connectivity index (χ0v) is 21.9. The number of hydrogen-bond acceptors (Lipinski definition) is 5. The van der Waals surface area contributed by atoms with Crippen LogP contribution in [0.25, 0.3) is 0 Å². The Morgan fingerprint density at radius 3 is 2.41 bits per heavy atom. The molecule has 0 aromatic carbocycles. The van der Waals surface area contributed by atoms with Gasteiger partial charge in [0.2, 0.25) is 5.91 Å². The van der Waals surface area contributed by atoms with Crippen LogP contribution in [0.2, 0.25) is 0 Å². The summed E-state index contributed by atoms with van der Waals surface area (Å²) in [7, 11) is -4.06. The Morgan fingerprint density at radius 2 is 1.71 bits per heavy atom. The van der Waals surface area contributed by atoms with Crippen molar-refractivity contribution in [2.75, 3.05) is 12.3 Å². The minimum atomic E-state index is -4.06. The number of aliphatic hydroxyl groups excluding tert-OH is 2. The van der Waals surface area contributed by atoms with Crippen molar-refractivity contribution >= 4 is 16.0 Å².